The van der Waals surface area contributed by atoms with Gasteiger partial charge >= 0.3 is 47.5 Å². The number of aliphatic hydroxyl groups excluding tert-OH is 1. The molecule has 2 aromatic carbocycles. The van der Waals surface area contributed by atoms with E-state index < -0.39 is 99.7 Å². The van der Waals surface area contributed by atoms with Crippen LogP contribution >= 0.6 is 0 Å². The van der Waals surface area contributed by atoms with Gasteiger partial charge in [0.2, 0.25) is 5.78 Å². The van der Waals surface area contributed by atoms with E-state index in [-0.39, 0.29) is 83.9 Å². The molecule has 0 aliphatic heterocycles. The van der Waals surface area contributed by atoms with E-state index in [9.17, 15) is 43.0 Å². The molecule has 0 heterocycles. The Kier molecular flexibility index (Phi) is 13.0. The van der Waals surface area contributed by atoms with Crippen LogP contribution in [0.2, 0.25) is 0 Å². The number of hydrogen-bond acceptors (Lipinski definition) is 9. The van der Waals surface area contributed by atoms with Gasteiger partial charge in [0.15, 0.2) is 23.7 Å². The van der Waals surface area contributed by atoms with E-state index >= 15 is 8.78 Å². The molecule has 0 amide bonds. The third-order valence-corrected chi connectivity index (χ3v) is 11.8. The van der Waals surface area contributed by atoms with Crippen molar-refractivity contribution in [3.8, 4) is 16.9 Å². The van der Waals surface area contributed by atoms with Gasteiger partial charge in [-0.3, -0.25) is 19.2 Å². The number of ether oxygens (including phenoxy) is 2. The molecule has 3 fully saturated rings. The van der Waals surface area contributed by atoms with Crippen LogP contribution in [0.1, 0.15) is 76.6 Å². The molecule has 10 nitrogen and oxygen atoms in total. The Hall–Kier alpha value is -3.85. The molecule has 0 unspecified atom stereocenters. The molecule has 0 radical (unpaired) electrons. The number of esters is 2. The molecule has 8 atom stereocenters. The van der Waals surface area contributed by atoms with Crippen LogP contribution in [0.15, 0.2) is 60.2 Å². The molecule has 0 bridgehead atoms. The fourth-order valence-electron chi connectivity index (χ4n) is 9.21. The third kappa shape index (κ3) is 7.54. The Balaban J connectivity index is 0.000000298. The van der Waals surface area contributed by atoms with Crippen molar-refractivity contribution in [2.24, 2.45) is 22.7 Å². The Morgan fingerprint density at radius 1 is 1.04 bits per heavy atom. The number of allylic oxidation sites excluding steroid dienone is 4. The van der Waals surface area contributed by atoms with Gasteiger partial charge in [-0.15, -0.1) is 0 Å². The predicted molar refractivity (Wildman–Crippen MR) is 192 cm³/mol. The first kappa shape index (κ1) is 43.9. The maximum atomic E-state index is 17.2. The standard InChI is InChI=1S/C27H34F2O7.C13H8F2O3.Na.H/c1-5-6-23(34)36-26(22(33)14-35-15(2)30)10-8-17-18-12-20(28)19-11-16(31)7-9-24(19,3)27(18,29)21(32)13-25(17,26)4;14-8-2-3-9(11(15)6-8)7-1-4-12(16)10(5-7)13(17)18;;/h7,9,11,17-18,20-21,32H,5-6,8,10,12-14H2,1-4H3;1-6,16H,(H,17,18);;/t17-,18-,20-,21-,24-,25-,26-,27-;;;/m0.../s1. The minimum atomic E-state index is -2.30. The predicted octanol–water partition coefficient (Wildman–Crippen LogP) is 5.91. The first-order valence-electron chi connectivity index (χ1n) is 17.6. The Morgan fingerprint density at radius 2 is 1.73 bits per heavy atom. The summed E-state index contributed by atoms with van der Waals surface area (Å²) in [7, 11) is 0. The van der Waals surface area contributed by atoms with Crippen LogP contribution in [0, 0.1) is 34.3 Å². The number of fused-ring (bicyclic) bond motifs is 5. The zero-order valence-electron chi connectivity index (χ0n) is 30.2. The van der Waals surface area contributed by atoms with Gasteiger partial charge in [-0.25, -0.2) is 22.4 Å². The number of aromatic carboxylic acids is 1. The van der Waals surface area contributed by atoms with E-state index in [4.69, 9.17) is 14.6 Å². The van der Waals surface area contributed by atoms with Crippen LogP contribution in [0.4, 0.5) is 17.6 Å². The molecule has 4 aliphatic rings. The van der Waals surface area contributed by atoms with E-state index in [1.807, 2.05) is 0 Å². The number of Topliss-reactive ketones (excluding diaryl/α,β-unsaturated/α-hetero) is 1. The van der Waals surface area contributed by atoms with Crippen LogP contribution in [-0.4, -0.2) is 105 Å². The van der Waals surface area contributed by atoms with E-state index in [0.29, 0.717) is 12.5 Å². The second-order valence-corrected chi connectivity index (χ2v) is 14.8. The van der Waals surface area contributed by atoms with E-state index in [1.165, 1.54) is 31.2 Å². The number of halogens is 4. The fraction of sp³-hybridized carbons (Fsp3) is 0.475. The number of carboxylic acid groups (broad SMARTS) is 1. The SMILES string of the molecule is CCCC(=O)O[C@]1(C(=O)COC(C)=O)CC[C@H]2[C@@H]3C[C@H](F)C4=CC(=O)C=C[C@]4(C)[C@@]3(F)[C@@H](O)C[C@@]21C.O=C(O)c1cc(-c2ccc(F)cc2F)ccc1O.[NaH]. The molecule has 55 heavy (non-hydrogen) atoms. The summed E-state index contributed by atoms with van der Waals surface area (Å²) in [4.78, 5) is 60.5. The van der Waals surface area contributed by atoms with E-state index in [2.05, 4.69) is 0 Å². The number of ketones is 2. The van der Waals surface area contributed by atoms with Gasteiger partial charge in [0.1, 0.15) is 29.1 Å². The van der Waals surface area contributed by atoms with Crippen molar-refractivity contribution in [1.29, 1.82) is 0 Å². The number of phenols is 1. The second kappa shape index (κ2) is 16.3. The Morgan fingerprint density at radius 3 is 2.35 bits per heavy atom. The molecule has 3 N–H and O–H groups in total. The molecular weight excluding hydrogens is 739 g/mol. The van der Waals surface area contributed by atoms with Crippen LogP contribution in [0.5, 0.6) is 5.75 Å². The molecule has 0 spiro atoms. The van der Waals surface area contributed by atoms with Gasteiger partial charge in [-0.1, -0.05) is 26.0 Å². The van der Waals surface area contributed by atoms with Crippen LogP contribution < -0.4 is 0 Å². The van der Waals surface area contributed by atoms with Crippen molar-refractivity contribution in [3.05, 3.63) is 77.4 Å². The third-order valence-electron chi connectivity index (χ3n) is 11.8. The summed E-state index contributed by atoms with van der Waals surface area (Å²) >= 11 is 0. The molecule has 3 saturated carbocycles. The maximum absolute atomic E-state index is 17.2. The second-order valence-electron chi connectivity index (χ2n) is 14.8. The summed E-state index contributed by atoms with van der Waals surface area (Å²) in [5.74, 6) is -7.20. The van der Waals surface area contributed by atoms with Crippen molar-refractivity contribution < 1.29 is 66.3 Å². The first-order valence-corrected chi connectivity index (χ1v) is 17.6. The number of aromatic hydroxyl groups is 1. The number of alkyl halides is 2. The molecular formula is C40H43F4NaO10. The fourth-order valence-corrected chi connectivity index (χ4v) is 9.21. The quantitative estimate of drug-likeness (QED) is 0.167. The molecule has 2 aromatic rings. The van der Waals surface area contributed by atoms with Crippen molar-refractivity contribution in [2.75, 3.05) is 6.61 Å². The van der Waals surface area contributed by atoms with Crippen LogP contribution in [0.25, 0.3) is 11.1 Å². The summed E-state index contributed by atoms with van der Waals surface area (Å²) in [5.41, 5.74) is -6.82. The molecule has 0 saturated heterocycles. The number of carbonyl (C=O) groups excluding carboxylic acids is 4. The van der Waals surface area contributed by atoms with Crippen molar-refractivity contribution in [1.82, 2.24) is 0 Å². The molecule has 6 rings (SSSR count). The van der Waals surface area contributed by atoms with Gasteiger partial charge < -0.3 is 24.8 Å². The average molecular weight is 783 g/mol. The van der Waals surface area contributed by atoms with Gasteiger partial charge in [0.25, 0.3) is 0 Å². The number of carboxylic acids is 1. The monoisotopic (exact) mass is 782 g/mol. The molecule has 15 heteroatoms. The van der Waals surface area contributed by atoms with E-state index in [1.54, 1.807) is 13.8 Å². The number of aliphatic hydroxyl groups is 1. The molecule has 0 aromatic heterocycles. The summed E-state index contributed by atoms with van der Waals surface area (Å²) in [6.45, 7) is 5.50. The van der Waals surface area contributed by atoms with Gasteiger partial charge in [0.05, 0.1) is 6.10 Å². The minimum absolute atomic E-state index is 0. The summed E-state index contributed by atoms with van der Waals surface area (Å²) < 4.78 is 69.9. The topological polar surface area (TPSA) is 164 Å². The van der Waals surface area contributed by atoms with Gasteiger partial charge in [0, 0.05) is 41.7 Å². The zero-order valence-corrected chi connectivity index (χ0v) is 30.2. The Bertz CT molecular complexity index is 1950. The number of carbonyl (C=O) groups is 5. The van der Waals surface area contributed by atoms with Crippen molar-refractivity contribution in [2.45, 2.75) is 89.8 Å². The normalized spacial score (nSPS) is 31.6. The van der Waals surface area contributed by atoms with Crippen LogP contribution in [-0.2, 0) is 28.7 Å². The van der Waals surface area contributed by atoms with Crippen LogP contribution in [0.3, 0.4) is 0 Å². The molecule has 292 valence electrons. The van der Waals surface area contributed by atoms with Gasteiger partial charge in [-0.2, -0.15) is 0 Å². The van der Waals surface area contributed by atoms with Gasteiger partial charge in [-0.05, 0) is 92.5 Å². The Labute approximate surface area is 337 Å². The first-order chi connectivity index (χ1) is 25.2. The van der Waals surface area contributed by atoms with Crippen molar-refractivity contribution in [3.63, 3.8) is 0 Å². The summed E-state index contributed by atoms with van der Waals surface area (Å²) in [6.07, 6.45) is 0.783. The average Bonchev–Trinajstić information content (AvgIpc) is 3.38. The number of benzene rings is 2. The zero-order chi connectivity index (χ0) is 40.0. The number of hydrogen-bond donors (Lipinski definition) is 3. The summed E-state index contributed by atoms with van der Waals surface area (Å²) in [6, 6.07) is 6.64. The van der Waals surface area contributed by atoms with Crippen molar-refractivity contribution >= 4 is 59.0 Å². The van der Waals surface area contributed by atoms with E-state index in [0.717, 1.165) is 31.2 Å². The summed E-state index contributed by atoms with van der Waals surface area (Å²) in [5, 5.41) is 29.6. The molecule has 4 aliphatic carbocycles. The number of rotatable bonds is 8.